The van der Waals surface area contributed by atoms with Crippen molar-refractivity contribution in [2.75, 3.05) is 42.7 Å². The number of halogens is 1. The highest BCUT2D eigenvalue weighted by atomic mass is 19.1. The molecule has 2 fully saturated rings. The summed E-state index contributed by atoms with van der Waals surface area (Å²) >= 11 is 0. The third-order valence-corrected chi connectivity index (χ3v) is 6.82. The fourth-order valence-corrected chi connectivity index (χ4v) is 5.03. The van der Waals surface area contributed by atoms with E-state index in [1.807, 2.05) is 11.0 Å². The number of anilines is 4. The highest BCUT2D eigenvalue weighted by Gasteiger charge is 2.28. The van der Waals surface area contributed by atoms with Crippen LogP contribution in [0.4, 0.5) is 27.9 Å². The molecular weight excluding hydrogens is 421 g/mol. The fourth-order valence-electron chi connectivity index (χ4n) is 5.03. The molecule has 1 saturated heterocycles. The topological polar surface area (TPSA) is 92.4 Å². The smallest absolute Gasteiger partial charge is 0.236 e. The Morgan fingerprint density at radius 3 is 2.61 bits per heavy atom. The van der Waals surface area contributed by atoms with Gasteiger partial charge in [0.15, 0.2) is 11.6 Å². The molecule has 1 atom stereocenters. The van der Waals surface area contributed by atoms with Crippen LogP contribution in [0, 0.1) is 5.82 Å². The lowest BCUT2D eigenvalue weighted by Gasteiger charge is -2.31. The summed E-state index contributed by atoms with van der Waals surface area (Å²) in [6.45, 7) is 4.86. The van der Waals surface area contributed by atoms with Gasteiger partial charge in [0.2, 0.25) is 17.8 Å². The molecule has 1 saturated carbocycles. The maximum atomic E-state index is 14.6. The average molecular weight is 458 g/mol. The predicted octanol–water partition coefficient (Wildman–Crippen LogP) is 4.36. The van der Waals surface area contributed by atoms with Crippen molar-refractivity contribution >= 4 is 23.5 Å². The molecule has 33 heavy (non-hydrogen) atoms. The third-order valence-electron chi connectivity index (χ3n) is 6.82. The van der Waals surface area contributed by atoms with Crippen molar-refractivity contribution in [3.05, 3.63) is 24.0 Å². The summed E-state index contributed by atoms with van der Waals surface area (Å²) in [5.74, 6) is 0.875. The average Bonchev–Trinajstić information content (AvgIpc) is 3.11. The number of nitrogens with two attached hydrogens (primary N) is 1. The molecule has 3 N–H and O–H groups in total. The summed E-state index contributed by atoms with van der Waals surface area (Å²) in [5, 5.41) is 3.48. The zero-order valence-corrected chi connectivity index (χ0v) is 19.8. The Kier molecular flexibility index (Phi) is 7.80. The van der Waals surface area contributed by atoms with Crippen molar-refractivity contribution < 1.29 is 9.13 Å². The van der Waals surface area contributed by atoms with Gasteiger partial charge in [-0.15, -0.1) is 0 Å². The van der Waals surface area contributed by atoms with Crippen molar-refractivity contribution in [1.82, 2.24) is 19.9 Å². The lowest BCUT2D eigenvalue weighted by molar-refractivity contribution is 0.271. The number of nitrogens with zero attached hydrogens (tertiary/aromatic N) is 5. The number of likely N-dealkylation sites (N-methyl/N-ethyl adjacent to an activating group) is 1. The number of hydrogen-bond donors (Lipinski definition) is 2. The number of likely N-dealkylation sites (tertiary alicyclic amines) is 1. The van der Waals surface area contributed by atoms with E-state index in [1.165, 1.54) is 38.9 Å². The highest BCUT2D eigenvalue weighted by molar-refractivity contribution is 5.60. The van der Waals surface area contributed by atoms with Gasteiger partial charge in [0, 0.05) is 30.4 Å². The molecule has 2 heterocycles. The number of rotatable bonds is 8. The molecule has 8 nitrogen and oxygen atoms in total. The van der Waals surface area contributed by atoms with Gasteiger partial charge >= 0.3 is 0 Å². The molecule has 1 aromatic heterocycles. The minimum absolute atomic E-state index is 0.161. The predicted molar refractivity (Wildman–Crippen MR) is 130 cm³/mol. The van der Waals surface area contributed by atoms with Crippen LogP contribution < -0.4 is 20.7 Å². The normalized spacial score (nSPS) is 19.9. The number of nitrogen functional groups attached to an aromatic ring is 1. The van der Waals surface area contributed by atoms with Gasteiger partial charge in [-0.3, -0.25) is 4.90 Å². The molecule has 0 bridgehead atoms. The maximum absolute atomic E-state index is 14.6. The van der Waals surface area contributed by atoms with Gasteiger partial charge in [0.05, 0.1) is 7.11 Å². The van der Waals surface area contributed by atoms with Crippen molar-refractivity contribution in [1.29, 1.82) is 0 Å². The molecule has 9 heteroatoms. The fraction of sp³-hybridized carbons (Fsp3) is 0.625. The molecule has 180 valence electrons. The molecule has 0 amide bonds. The Morgan fingerprint density at radius 2 is 1.91 bits per heavy atom. The van der Waals surface area contributed by atoms with E-state index in [-0.39, 0.29) is 11.7 Å². The first-order valence-electron chi connectivity index (χ1n) is 12.2. The van der Waals surface area contributed by atoms with E-state index in [2.05, 4.69) is 27.1 Å². The monoisotopic (exact) mass is 457 g/mol. The molecule has 0 radical (unpaired) electrons. The van der Waals surface area contributed by atoms with Gasteiger partial charge in [-0.25, -0.2) is 4.39 Å². The van der Waals surface area contributed by atoms with Gasteiger partial charge in [-0.2, -0.15) is 15.0 Å². The lowest BCUT2D eigenvalue weighted by atomic mass is 10.1. The first-order chi connectivity index (χ1) is 16.1. The lowest BCUT2D eigenvalue weighted by Crippen LogP contribution is -2.39. The summed E-state index contributed by atoms with van der Waals surface area (Å²) < 4.78 is 19.7. The number of benzene rings is 1. The van der Waals surface area contributed by atoms with Gasteiger partial charge in [-0.1, -0.05) is 32.6 Å². The van der Waals surface area contributed by atoms with Crippen LogP contribution >= 0.6 is 0 Å². The number of nitrogens with one attached hydrogen (secondary N) is 1. The zero-order valence-electron chi connectivity index (χ0n) is 19.8. The van der Waals surface area contributed by atoms with E-state index in [9.17, 15) is 4.39 Å². The molecule has 4 rings (SSSR count). The molecule has 0 spiro atoms. The van der Waals surface area contributed by atoms with Crippen LogP contribution in [0.25, 0.3) is 0 Å². The summed E-state index contributed by atoms with van der Waals surface area (Å²) in [6.07, 6.45) is 9.38. The Balaban J connectivity index is 1.65. The van der Waals surface area contributed by atoms with Crippen molar-refractivity contribution in [3.63, 3.8) is 0 Å². The second kappa shape index (κ2) is 11.0. The van der Waals surface area contributed by atoms with Gasteiger partial charge in [-0.05, 0) is 50.9 Å². The molecule has 2 aliphatic rings. The number of aromatic nitrogens is 3. The standard InChI is InChI=1S/C24H36FN7O/c1-3-31-14-8-11-19(31)16-32(18-12-13-21(33-2)20(25)15-18)24-29-22(26)28-23(30-24)27-17-9-6-4-5-7-10-17/h12-13,15,17,19H,3-11,14,16H2,1-2H3,(H3,26,27,28,29,30). The minimum atomic E-state index is -0.419. The SMILES string of the molecule is CCN1CCCC1CN(c1ccc(OC)c(F)c1)c1nc(N)nc(NC2CCCCCC2)n1. The quantitative estimate of drug-likeness (QED) is 0.565. The highest BCUT2D eigenvalue weighted by Crippen LogP contribution is 2.31. The number of hydrogen-bond acceptors (Lipinski definition) is 8. The van der Waals surface area contributed by atoms with Gasteiger partial charge < -0.3 is 20.7 Å². The summed E-state index contributed by atoms with van der Waals surface area (Å²) in [5.41, 5.74) is 6.78. The van der Waals surface area contributed by atoms with Crippen molar-refractivity contribution in [2.45, 2.75) is 70.4 Å². The van der Waals surface area contributed by atoms with E-state index in [0.29, 0.717) is 36.2 Å². The van der Waals surface area contributed by atoms with E-state index in [1.54, 1.807) is 6.07 Å². The number of ether oxygens (including phenoxy) is 1. The largest absolute Gasteiger partial charge is 0.494 e. The van der Waals surface area contributed by atoms with Crippen LogP contribution in [0.15, 0.2) is 18.2 Å². The first-order valence-corrected chi connectivity index (χ1v) is 12.2. The Bertz CT molecular complexity index is 920. The van der Waals surface area contributed by atoms with Crippen LogP contribution in [0.5, 0.6) is 5.75 Å². The van der Waals surface area contributed by atoms with Crippen LogP contribution in [0.3, 0.4) is 0 Å². The maximum Gasteiger partial charge on any atom is 0.236 e. The van der Waals surface area contributed by atoms with E-state index < -0.39 is 5.82 Å². The second-order valence-electron chi connectivity index (χ2n) is 9.00. The summed E-state index contributed by atoms with van der Waals surface area (Å²) in [4.78, 5) is 18.0. The summed E-state index contributed by atoms with van der Waals surface area (Å²) in [6, 6.07) is 5.61. The van der Waals surface area contributed by atoms with Crippen molar-refractivity contribution in [2.24, 2.45) is 0 Å². The minimum Gasteiger partial charge on any atom is -0.494 e. The van der Waals surface area contributed by atoms with Crippen LogP contribution in [0.2, 0.25) is 0 Å². The summed E-state index contributed by atoms with van der Waals surface area (Å²) in [7, 11) is 1.46. The number of methoxy groups -OCH3 is 1. The molecule has 2 aromatic rings. The van der Waals surface area contributed by atoms with E-state index >= 15 is 0 Å². The van der Waals surface area contributed by atoms with E-state index in [0.717, 1.165) is 38.8 Å². The van der Waals surface area contributed by atoms with Crippen LogP contribution in [-0.2, 0) is 0 Å². The first kappa shape index (κ1) is 23.5. The second-order valence-corrected chi connectivity index (χ2v) is 9.00. The van der Waals surface area contributed by atoms with Gasteiger partial charge in [0.1, 0.15) is 0 Å². The van der Waals surface area contributed by atoms with E-state index in [4.69, 9.17) is 15.5 Å². The Hall–Kier alpha value is -2.68. The molecule has 1 aliphatic heterocycles. The Labute approximate surface area is 195 Å². The van der Waals surface area contributed by atoms with Crippen molar-refractivity contribution in [3.8, 4) is 5.75 Å². The van der Waals surface area contributed by atoms with Gasteiger partial charge in [0.25, 0.3) is 0 Å². The van der Waals surface area contributed by atoms with Crippen LogP contribution in [0.1, 0.15) is 58.3 Å². The third kappa shape index (κ3) is 5.82. The molecule has 1 unspecified atom stereocenters. The Morgan fingerprint density at radius 1 is 1.12 bits per heavy atom. The molecular formula is C24H36FN7O. The van der Waals surface area contributed by atoms with Crippen LogP contribution in [-0.4, -0.2) is 58.7 Å². The molecule has 1 aromatic carbocycles. The zero-order chi connectivity index (χ0) is 23.2. The molecule has 1 aliphatic carbocycles.